The van der Waals surface area contributed by atoms with Gasteiger partial charge in [-0.2, -0.15) is 0 Å². The Balaban J connectivity index is 1.71. The molecule has 0 amide bonds. The van der Waals surface area contributed by atoms with E-state index in [1.807, 2.05) is 0 Å². The van der Waals surface area contributed by atoms with Crippen molar-refractivity contribution in [3.63, 3.8) is 0 Å². The van der Waals surface area contributed by atoms with Gasteiger partial charge in [0.25, 0.3) is 0 Å². The summed E-state index contributed by atoms with van der Waals surface area (Å²) in [5.74, 6) is 0. The van der Waals surface area contributed by atoms with Crippen LogP contribution in [0.4, 0.5) is 0 Å². The second-order valence-corrected chi connectivity index (χ2v) is 6.64. The molecule has 0 N–H and O–H groups in total. The van der Waals surface area contributed by atoms with Gasteiger partial charge in [0, 0.05) is 0 Å². The van der Waals surface area contributed by atoms with Crippen LogP contribution in [0.5, 0.6) is 0 Å². The van der Waals surface area contributed by atoms with Crippen molar-refractivity contribution in [2.75, 3.05) is 0 Å². The van der Waals surface area contributed by atoms with Gasteiger partial charge in [-0.3, -0.25) is 0 Å². The molecule has 2 aliphatic carbocycles. The second kappa shape index (κ2) is 6.16. The van der Waals surface area contributed by atoms with E-state index in [0.29, 0.717) is 0 Å². The molecule has 0 saturated heterocycles. The van der Waals surface area contributed by atoms with E-state index in [9.17, 15) is 0 Å². The average molecular weight is 330 g/mol. The maximum atomic E-state index is 2.29. The van der Waals surface area contributed by atoms with E-state index in [4.69, 9.17) is 0 Å². The molecule has 0 nitrogen and oxygen atoms in total. The fraction of sp³-hybridized carbons (Fsp3) is 0. The van der Waals surface area contributed by atoms with Crippen LogP contribution >= 0.6 is 0 Å². The van der Waals surface area contributed by atoms with Gasteiger partial charge in [-0.15, -0.1) is 0 Å². The Morgan fingerprint density at radius 1 is 0.538 bits per heavy atom. The zero-order valence-corrected chi connectivity index (χ0v) is 14.4. The van der Waals surface area contributed by atoms with Crippen molar-refractivity contribution < 1.29 is 0 Å². The molecular formula is C26H18. The van der Waals surface area contributed by atoms with Gasteiger partial charge in [-0.05, 0) is 56.7 Å². The maximum absolute atomic E-state index is 2.29. The van der Waals surface area contributed by atoms with E-state index in [1.165, 1.54) is 44.5 Å². The van der Waals surface area contributed by atoms with Crippen molar-refractivity contribution in [1.82, 2.24) is 0 Å². The van der Waals surface area contributed by atoms with Crippen LogP contribution in [0.25, 0.3) is 33.9 Å². The lowest BCUT2D eigenvalue weighted by Gasteiger charge is -2.24. The maximum Gasteiger partial charge on any atom is -0.00930 e. The van der Waals surface area contributed by atoms with Crippen molar-refractivity contribution >= 4 is 11.6 Å². The van der Waals surface area contributed by atoms with Crippen molar-refractivity contribution in [2.24, 2.45) is 0 Å². The molecule has 0 fully saturated rings. The summed E-state index contributed by atoms with van der Waals surface area (Å²) in [6, 6.07) is 36.6. The zero-order valence-electron chi connectivity index (χ0n) is 14.4. The van der Waals surface area contributed by atoms with Crippen LogP contribution < -0.4 is 0 Å². The van der Waals surface area contributed by atoms with Crippen LogP contribution in [-0.4, -0.2) is 0 Å². The third-order valence-corrected chi connectivity index (χ3v) is 5.03. The summed E-state index contributed by atoms with van der Waals surface area (Å²) in [6.07, 6.45) is 2.29. The molecule has 0 radical (unpaired) electrons. The molecule has 0 heterocycles. The van der Waals surface area contributed by atoms with Crippen LogP contribution in [-0.2, 0) is 0 Å². The predicted octanol–water partition coefficient (Wildman–Crippen LogP) is 6.92. The van der Waals surface area contributed by atoms with Gasteiger partial charge >= 0.3 is 0 Å². The Morgan fingerprint density at radius 3 is 1.88 bits per heavy atom. The average Bonchev–Trinajstić information content (AvgIpc) is 2.70. The fourth-order valence-electron chi connectivity index (χ4n) is 3.62. The molecule has 5 rings (SSSR count). The fourth-order valence-corrected chi connectivity index (χ4v) is 3.62. The summed E-state index contributed by atoms with van der Waals surface area (Å²) in [7, 11) is 0. The summed E-state index contributed by atoms with van der Waals surface area (Å²) in [4.78, 5) is 0. The number of hydrogen-bond donors (Lipinski definition) is 0. The first-order chi connectivity index (χ1) is 12.9. The molecule has 0 bridgehead atoms. The minimum absolute atomic E-state index is 1.21. The normalized spacial score (nSPS) is 12.1. The minimum atomic E-state index is 1.21. The summed E-state index contributed by atoms with van der Waals surface area (Å²) >= 11 is 0. The van der Waals surface area contributed by atoms with E-state index >= 15 is 0 Å². The highest BCUT2D eigenvalue weighted by atomic mass is 14.2. The summed E-state index contributed by atoms with van der Waals surface area (Å²) in [5.41, 5.74) is 10.4. The molecule has 2 aliphatic rings. The Labute approximate surface area is 154 Å². The summed E-state index contributed by atoms with van der Waals surface area (Å²) in [6.45, 7) is 0. The van der Waals surface area contributed by atoms with Crippen LogP contribution in [0.15, 0.2) is 103 Å². The van der Waals surface area contributed by atoms with Crippen molar-refractivity contribution in [1.29, 1.82) is 0 Å². The number of rotatable bonds is 4. The molecule has 0 unspecified atom stereocenters. The Hall–Kier alpha value is -3.38. The molecule has 0 aromatic heterocycles. The molecular weight excluding hydrogens is 312 g/mol. The second-order valence-electron chi connectivity index (χ2n) is 6.64. The molecule has 3 aromatic rings. The summed E-state index contributed by atoms with van der Waals surface area (Å²) < 4.78 is 0. The van der Waals surface area contributed by atoms with E-state index in [-0.39, 0.29) is 0 Å². The first-order valence-electron chi connectivity index (χ1n) is 8.96. The molecule has 3 aromatic carbocycles. The van der Waals surface area contributed by atoms with Crippen LogP contribution in [0.2, 0.25) is 0 Å². The molecule has 0 saturated carbocycles. The molecule has 0 atom stereocenters. The van der Waals surface area contributed by atoms with Gasteiger partial charge in [0.1, 0.15) is 0 Å². The quantitative estimate of drug-likeness (QED) is 0.314. The minimum Gasteiger partial charge on any atom is -0.0622 e. The highest BCUT2D eigenvalue weighted by Crippen LogP contribution is 2.46. The Bertz CT molecular complexity index is 1100. The first-order valence-corrected chi connectivity index (χ1v) is 8.96. The van der Waals surface area contributed by atoms with Crippen LogP contribution in [0.1, 0.15) is 16.7 Å². The predicted molar refractivity (Wildman–Crippen MR) is 111 cm³/mol. The van der Waals surface area contributed by atoms with E-state index in [2.05, 4.69) is 109 Å². The smallest absolute Gasteiger partial charge is 0.00930 e. The lowest BCUT2D eigenvalue weighted by atomic mass is 9.80. The third-order valence-electron chi connectivity index (χ3n) is 5.03. The van der Waals surface area contributed by atoms with Crippen LogP contribution in [0.3, 0.4) is 0 Å². The highest BCUT2D eigenvalue weighted by Gasteiger charge is 2.21. The molecule has 122 valence electrons. The molecule has 0 aliphatic heterocycles. The lowest BCUT2D eigenvalue weighted by molar-refractivity contribution is 1.48. The highest BCUT2D eigenvalue weighted by molar-refractivity contribution is 6.02. The van der Waals surface area contributed by atoms with Gasteiger partial charge in [0.15, 0.2) is 0 Å². The number of benzene rings is 4. The first kappa shape index (κ1) is 14.9. The molecule has 0 heteroatoms. The van der Waals surface area contributed by atoms with Crippen LogP contribution in [0, 0.1) is 0 Å². The monoisotopic (exact) mass is 330 g/mol. The van der Waals surface area contributed by atoms with Gasteiger partial charge < -0.3 is 0 Å². The molecule has 26 heavy (non-hydrogen) atoms. The van der Waals surface area contributed by atoms with E-state index in [0.717, 1.165) is 0 Å². The van der Waals surface area contributed by atoms with Gasteiger partial charge in [-0.1, -0.05) is 97.1 Å². The zero-order chi connectivity index (χ0) is 17.3. The third kappa shape index (κ3) is 2.48. The Morgan fingerprint density at radius 2 is 1.23 bits per heavy atom. The molecule has 0 spiro atoms. The topological polar surface area (TPSA) is 0 Å². The van der Waals surface area contributed by atoms with Gasteiger partial charge in [0.2, 0.25) is 0 Å². The number of hydrogen-bond acceptors (Lipinski definition) is 0. The largest absolute Gasteiger partial charge is 0.0622 e. The van der Waals surface area contributed by atoms with Gasteiger partial charge in [-0.25, -0.2) is 0 Å². The summed E-state index contributed by atoms with van der Waals surface area (Å²) in [5, 5.41) is 0. The van der Waals surface area contributed by atoms with Gasteiger partial charge in [0.05, 0.1) is 0 Å². The van der Waals surface area contributed by atoms with Crippen molar-refractivity contribution in [3.05, 3.63) is 120 Å². The lowest BCUT2D eigenvalue weighted by Crippen LogP contribution is -1.99. The van der Waals surface area contributed by atoms with Crippen molar-refractivity contribution in [2.45, 2.75) is 0 Å². The standard InChI is InChI=1S/C26H18/c1-3-9-19(10-4-1)17-25(20-11-5-2-6-12-20)23-13-7-8-14-24(23)26-18-21-15-16-22(21)26/h1-18H. The Kier molecular flexibility index (Phi) is 3.54. The van der Waals surface area contributed by atoms with Crippen molar-refractivity contribution in [3.8, 4) is 22.3 Å². The SMILES string of the molecule is C(=C(c1ccccc1)c1ccccc1-c1cc2ccc1-2)c1ccccc1. The van der Waals surface area contributed by atoms with E-state index < -0.39 is 0 Å². The van der Waals surface area contributed by atoms with E-state index in [1.54, 1.807) is 0 Å². The number of fused-ring (bicyclic) bond motifs is 1.